The second-order valence-electron chi connectivity index (χ2n) is 4.46. The van der Waals surface area contributed by atoms with Gasteiger partial charge < -0.3 is 15.4 Å². The summed E-state index contributed by atoms with van der Waals surface area (Å²) < 4.78 is 41.6. The molecule has 1 rings (SSSR count). The molecule has 22 heavy (non-hydrogen) atoms. The van der Waals surface area contributed by atoms with Gasteiger partial charge in [-0.25, -0.2) is 0 Å². The summed E-state index contributed by atoms with van der Waals surface area (Å²) >= 11 is 0. The number of rotatable bonds is 6. The van der Waals surface area contributed by atoms with Crippen molar-refractivity contribution in [1.29, 1.82) is 0 Å². The summed E-state index contributed by atoms with van der Waals surface area (Å²) in [6, 6.07) is 7.63. The van der Waals surface area contributed by atoms with Crippen molar-refractivity contribution < 1.29 is 17.9 Å². The lowest BCUT2D eigenvalue weighted by molar-refractivity contribution is -0.132. The molecular formula is C14H21F3IN3O. The first kappa shape index (κ1) is 20.8. The molecule has 0 heterocycles. The number of hydrogen-bond donors (Lipinski definition) is 2. The lowest BCUT2D eigenvalue weighted by Gasteiger charge is -2.13. The largest absolute Gasteiger partial charge is 0.492 e. The highest BCUT2D eigenvalue weighted by molar-refractivity contribution is 14.0. The molecule has 0 spiro atoms. The van der Waals surface area contributed by atoms with Crippen LogP contribution in [-0.4, -0.2) is 38.9 Å². The number of nitrogens with one attached hydrogen (secondary N) is 2. The zero-order chi connectivity index (χ0) is 15.7. The molecule has 0 bridgehead atoms. The van der Waals surface area contributed by atoms with Crippen molar-refractivity contribution >= 4 is 29.9 Å². The van der Waals surface area contributed by atoms with Crippen molar-refractivity contribution in [2.24, 2.45) is 4.99 Å². The fourth-order valence-electron chi connectivity index (χ4n) is 1.59. The highest BCUT2D eigenvalue weighted by Gasteiger charge is 2.26. The number of aliphatic imine (C=N–C) groups is 1. The van der Waals surface area contributed by atoms with Gasteiger partial charge in [-0.15, -0.1) is 24.0 Å². The van der Waals surface area contributed by atoms with E-state index >= 15 is 0 Å². The summed E-state index contributed by atoms with van der Waals surface area (Å²) in [5.74, 6) is 1.09. The molecule has 8 heteroatoms. The van der Waals surface area contributed by atoms with Gasteiger partial charge in [0.1, 0.15) is 12.4 Å². The zero-order valence-corrected chi connectivity index (χ0v) is 14.9. The number of hydrogen-bond acceptors (Lipinski definition) is 2. The number of ether oxygens (including phenoxy) is 1. The van der Waals surface area contributed by atoms with E-state index in [-0.39, 0.29) is 30.5 Å². The fraction of sp³-hybridized carbons (Fsp3) is 0.500. The Kier molecular flexibility index (Phi) is 9.95. The van der Waals surface area contributed by atoms with Crippen molar-refractivity contribution in [3.8, 4) is 5.75 Å². The van der Waals surface area contributed by atoms with E-state index in [1.807, 2.05) is 31.2 Å². The van der Waals surface area contributed by atoms with E-state index in [2.05, 4.69) is 15.6 Å². The Labute approximate surface area is 145 Å². The van der Waals surface area contributed by atoms with E-state index in [4.69, 9.17) is 4.74 Å². The molecule has 2 N–H and O–H groups in total. The molecule has 0 amide bonds. The number of benzene rings is 1. The normalized spacial score (nSPS) is 11.6. The van der Waals surface area contributed by atoms with Crippen LogP contribution in [0.1, 0.15) is 12.0 Å². The third-order valence-electron chi connectivity index (χ3n) is 2.58. The van der Waals surface area contributed by atoms with Gasteiger partial charge in [-0.05, 0) is 24.6 Å². The van der Waals surface area contributed by atoms with E-state index < -0.39 is 12.6 Å². The molecule has 0 saturated heterocycles. The standard InChI is InChI=1S/C14H20F3N3O.HI/c1-11-4-3-5-12(10-11)21-9-8-20-13(18-2)19-7-6-14(15,16)17;/h3-5,10H,6-9H2,1-2H3,(H2,18,19,20);1H. The summed E-state index contributed by atoms with van der Waals surface area (Å²) in [7, 11) is 1.50. The highest BCUT2D eigenvalue weighted by Crippen LogP contribution is 2.18. The van der Waals surface area contributed by atoms with Gasteiger partial charge >= 0.3 is 6.18 Å². The van der Waals surface area contributed by atoms with E-state index in [0.717, 1.165) is 11.3 Å². The van der Waals surface area contributed by atoms with Gasteiger partial charge in [0, 0.05) is 13.6 Å². The molecule has 0 aromatic heterocycles. The van der Waals surface area contributed by atoms with Crippen LogP contribution < -0.4 is 15.4 Å². The van der Waals surface area contributed by atoms with Gasteiger partial charge in [0.2, 0.25) is 0 Å². The molecule has 4 nitrogen and oxygen atoms in total. The van der Waals surface area contributed by atoms with E-state index in [1.165, 1.54) is 7.05 Å². The van der Waals surface area contributed by atoms with E-state index in [9.17, 15) is 13.2 Å². The molecule has 1 aromatic carbocycles. The molecule has 0 saturated carbocycles. The Balaban J connectivity index is 0.00000441. The zero-order valence-electron chi connectivity index (χ0n) is 12.5. The van der Waals surface area contributed by atoms with E-state index in [0.29, 0.717) is 19.1 Å². The minimum Gasteiger partial charge on any atom is -0.492 e. The molecule has 0 aliphatic heterocycles. The molecule has 0 aliphatic carbocycles. The second kappa shape index (κ2) is 10.5. The van der Waals surface area contributed by atoms with Gasteiger partial charge in [0.25, 0.3) is 0 Å². The molecule has 1 aromatic rings. The topological polar surface area (TPSA) is 45.7 Å². The van der Waals surface area contributed by atoms with Crippen LogP contribution in [0.15, 0.2) is 29.3 Å². The predicted molar refractivity (Wildman–Crippen MR) is 92.1 cm³/mol. The van der Waals surface area contributed by atoms with Crippen LogP contribution in [0, 0.1) is 6.92 Å². The van der Waals surface area contributed by atoms with Gasteiger partial charge in [-0.3, -0.25) is 4.99 Å². The first-order valence-corrected chi connectivity index (χ1v) is 6.61. The summed E-state index contributed by atoms with van der Waals surface area (Å²) in [5.41, 5.74) is 1.10. The van der Waals surface area contributed by atoms with Gasteiger partial charge in [-0.2, -0.15) is 13.2 Å². The van der Waals surface area contributed by atoms with Gasteiger partial charge in [0.05, 0.1) is 13.0 Å². The lowest BCUT2D eigenvalue weighted by atomic mass is 10.2. The smallest absolute Gasteiger partial charge is 0.390 e. The Hall–Kier alpha value is -1.19. The number of halogens is 4. The number of aryl methyl sites for hydroxylation is 1. The Morgan fingerprint density at radius 2 is 1.91 bits per heavy atom. The fourth-order valence-corrected chi connectivity index (χ4v) is 1.59. The van der Waals surface area contributed by atoms with Crippen LogP contribution in [0.25, 0.3) is 0 Å². The third-order valence-corrected chi connectivity index (χ3v) is 2.58. The summed E-state index contributed by atoms with van der Waals surface area (Å²) in [6.07, 6.45) is -5.06. The first-order valence-electron chi connectivity index (χ1n) is 6.61. The molecule has 0 aliphatic rings. The average molecular weight is 431 g/mol. The molecule has 0 radical (unpaired) electrons. The predicted octanol–water partition coefficient (Wildman–Crippen LogP) is 3.11. The summed E-state index contributed by atoms with van der Waals surface area (Å²) in [6.45, 7) is 2.60. The first-order chi connectivity index (χ1) is 9.90. The second-order valence-corrected chi connectivity index (χ2v) is 4.46. The minimum absolute atomic E-state index is 0. The molecule has 0 atom stereocenters. The summed E-state index contributed by atoms with van der Waals surface area (Å²) in [4.78, 5) is 3.84. The van der Waals surface area contributed by atoms with Crippen LogP contribution in [0.3, 0.4) is 0 Å². The number of nitrogens with zero attached hydrogens (tertiary/aromatic N) is 1. The molecule has 126 valence electrons. The summed E-state index contributed by atoms with van der Waals surface area (Å²) in [5, 5.41) is 5.48. The monoisotopic (exact) mass is 431 g/mol. The van der Waals surface area contributed by atoms with Crippen molar-refractivity contribution in [3.63, 3.8) is 0 Å². The Morgan fingerprint density at radius 3 is 2.50 bits per heavy atom. The van der Waals surface area contributed by atoms with Crippen LogP contribution >= 0.6 is 24.0 Å². The third kappa shape index (κ3) is 9.69. The van der Waals surface area contributed by atoms with Crippen molar-refractivity contribution in [3.05, 3.63) is 29.8 Å². The Bertz CT molecular complexity index is 467. The van der Waals surface area contributed by atoms with Crippen molar-refractivity contribution in [2.45, 2.75) is 19.5 Å². The van der Waals surface area contributed by atoms with Gasteiger partial charge in [0.15, 0.2) is 5.96 Å². The molecule has 0 fully saturated rings. The van der Waals surface area contributed by atoms with Crippen LogP contribution in [0.4, 0.5) is 13.2 Å². The van der Waals surface area contributed by atoms with E-state index in [1.54, 1.807) is 0 Å². The maximum absolute atomic E-state index is 12.0. The maximum Gasteiger partial charge on any atom is 0.390 e. The van der Waals surface area contributed by atoms with Crippen molar-refractivity contribution in [1.82, 2.24) is 10.6 Å². The van der Waals surface area contributed by atoms with Crippen molar-refractivity contribution in [2.75, 3.05) is 26.7 Å². The lowest BCUT2D eigenvalue weighted by Crippen LogP contribution is -2.40. The number of guanidine groups is 1. The Morgan fingerprint density at radius 1 is 1.23 bits per heavy atom. The molecular weight excluding hydrogens is 410 g/mol. The van der Waals surface area contributed by atoms with Crippen LogP contribution in [0.2, 0.25) is 0 Å². The SMILES string of the molecule is CN=C(NCCOc1cccc(C)c1)NCCC(F)(F)F.I. The van der Waals surface area contributed by atoms with Gasteiger partial charge in [-0.1, -0.05) is 12.1 Å². The number of alkyl halides is 3. The average Bonchev–Trinajstić information content (AvgIpc) is 2.40. The highest BCUT2D eigenvalue weighted by atomic mass is 127. The van der Waals surface area contributed by atoms with Crippen LogP contribution in [0.5, 0.6) is 5.75 Å². The quantitative estimate of drug-likeness (QED) is 0.315. The minimum atomic E-state index is -4.17. The van der Waals surface area contributed by atoms with Crippen LogP contribution in [-0.2, 0) is 0 Å². The molecule has 0 unspecified atom stereocenters. The maximum atomic E-state index is 12.0.